The maximum Gasteiger partial charge on any atom is 0.325 e. The van der Waals surface area contributed by atoms with E-state index in [0.29, 0.717) is 26.4 Å². The van der Waals surface area contributed by atoms with E-state index in [1.54, 1.807) is 62.3 Å². The highest BCUT2D eigenvalue weighted by atomic mass is 79.9. The van der Waals surface area contributed by atoms with Gasteiger partial charge in [0.05, 0.1) is 21.3 Å². The van der Waals surface area contributed by atoms with Gasteiger partial charge in [-0.1, -0.05) is 44.7 Å². The second-order valence-electron chi connectivity index (χ2n) is 8.25. The van der Waals surface area contributed by atoms with E-state index in [1.807, 2.05) is 0 Å². The number of halogens is 1. The number of rotatable bonds is 7. The van der Waals surface area contributed by atoms with Crippen molar-refractivity contribution in [2.75, 3.05) is 11.2 Å². The number of amides is 1. The molecule has 3 aromatic rings. The Morgan fingerprint density at radius 1 is 1.08 bits per heavy atom. The second kappa shape index (κ2) is 11.5. The van der Waals surface area contributed by atoms with Gasteiger partial charge in [-0.3, -0.25) is 24.2 Å². The summed E-state index contributed by atoms with van der Waals surface area (Å²) in [5.74, 6) is -1.22. The molecule has 12 heteroatoms. The predicted octanol–water partition coefficient (Wildman–Crippen LogP) is 4.14. The van der Waals surface area contributed by atoms with Crippen molar-refractivity contribution in [3.63, 3.8) is 0 Å². The lowest BCUT2D eigenvalue weighted by atomic mass is 10.0. The third-order valence-electron chi connectivity index (χ3n) is 5.87. The summed E-state index contributed by atoms with van der Waals surface area (Å²) < 4.78 is 12.8. The van der Waals surface area contributed by atoms with Gasteiger partial charge in [0, 0.05) is 24.4 Å². The predicted molar refractivity (Wildman–Crippen MR) is 144 cm³/mol. The monoisotopic (exact) mass is 601 g/mol. The highest BCUT2D eigenvalue weighted by Crippen LogP contribution is 2.43. The average molecular weight is 602 g/mol. The van der Waals surface area contributed by atoms with Crippen LogP contribution in [0.3, 0.4) is 0 Å². The summed E-state index contributed by atoms with van der Waals surface area (Å²) in [6.45, 7) is 5.04. The lowest BCUT2D eigenvalue weighted by molar-refractivity contribution is -0.763. The van der Waals surface area contributed by atoms with E-state index in [0.717, 1.165) is 0 Å². The molecule has 10 nitrogen and oxygen atoms in total. The molecule has 0 saturated carbocycles. The van der Waals surface area contributed by atoms with Crippen LogP contribution in [0.15, 0.2) is 50.8 Å². The molecule has 38 heavy (non-hydrogen) atoms. The lowest BCUT2D eigenvalue weighted by Gasteiger charge is -2.32. The lowest BCUT2D eigenvalue weighted by Crippen LogP contribution is -2.60. The van der Waals surface area contributed by atoms with Crippen LogP contribution < -0.4 is 24.6 Å². The van der Waals surface area contributed by atoms with Crippen LogP contribution in [0.1, 0.15) is 51.8 Å². The molecule has 0 aliphatic carbocycles. The van der Waals surface area contributed by atoms with Gasteiger partial charge >= 0.3 is 23.2 Å². The molecule has 2 heterocycles. The number of H-pyrrole nitrogens is 1. The van der Waals surface area contributed by atoms with Gasteiger partial charge in [-0.15, -0.1) is 0 Å². The van der Waals surface area contributed by atoms with Gasteiger partial charge in [0.25, 0.3) is 6.17 Å². The number of anilines is 1. The largest absolute Gasteiger partial charge is 0.422 e. The second-order valence-corrected chi connectivity index (χ2v) is 9.90. The molecule has 0 radical (unpaired) electrons. The molecule has 0 spiro atoms. The van der Waals surface area contributed by atoms with E-state index in [-0.39, 0.29) is 47.9 Å². The molecular weight excluding hydrogens is 576 g/mol. The minimum atomic E-state index is -0.910. The molecule has 0 bridgehead atoms. The topological polar surface area (TPSA) is 123 Å². The Morgan fingerprint density at radius 2 is 1.76 bits per heavy atom. The van der Waals surface area contributed by atoms with Crippen LogP contribution in [0.5, 0.6) is 11.5 Å². The molecular formula is C26H26BrN4O6S+. The molecule has 198 valence electrons. The summed E-state index contributed by atoms with van der Waals surface area (Å²) in [5, 5.41) is 5.02. The Labute approximate surface area is 231 Å². The number of ether oxygens (including phenoxy) is 2. The number of aromatic amines is 1. The number of esters is 2. The van der Waals surface area contributed by atoms with E-state index in [1.165, 1.54) is 22.5 Å². The first-order valence-electron chi connectivity index (χ1n) is 12.0. The van der Waals surface area contributed by atoms with Crippen LogP contribution in [0.2, 0.25) is 0 Å². The van der Waals surface area contributed by atoms with Crippen LogP contribution in [0, 0.1) is 0 Å². The number of carbonyl (C=O) groups is 3. The fourth-order valence-corrected chi connectivity index (χ4v) is 5.00. The van der Waals surface area contributed by atoms with Crippen molar-refractivity contribution in [1.29, 1.82) is 0 Å². The molecule has 1 atom stereocenters. The Morgan fingerprint density at radius 3 is 2.42 bits per heavy atom. The van der Waals surface area contributed by atoms with Gasteiger partial charge in [-0.25, -0.2) is 4.90 Å². The first-order valence-corrected chi connectivity index (χ1v) is 14.0. The summed E-state index contributed by atoms with van der Waals surface area (Å²) in [7, 11) is 0. The van der Waals surface area contributed by atoms with Gasteiger partial charge in [-0.05, 0) is 51.1 Å². The molecule has 1 unspecified atom stereocenters. The van der Waals surface area contributed by atoms with E-state index in [9.17, 15) is 19.2 Å². The number of aromatic nitrogens is 3. The molecule has 0 fully saturated rings. The van der Waals surface area contributed by atoms with Gasteiger partial charge < -0.3 is 9.47 Å². The number of carbonyl (C=O) groups excluding carboxylic acids is 3. The Hall–Kier alpha value is -3.51. The molecule has 1 aliphatic rings. The smallest absolute Gasteiger partial charge is 0.325 e. The van der Waals surface area contributed by atoms with E-state index >= 15 is 0 Å². The van der Waals surface area contributed by atoms with Crippen LogP contribution in [0.25, 0.3) is 11.3 Å². The highest BCUT2D eigenvalue weighted by Gasteiger charge is 2.46. The van der Waals surface area contributed by atoms with Gasteiger partial charge in [-0.2, -0.15) is 0 Å². The normalized spacial score (nSPS) is 13.9. The molecule has 2 aromatic carbocycles. The standard InChI is InChI=1S/C26H25BrN4O6S/c1-5-19(32)30-17-11-9-8-10-15(17)22-24(35)28-26(38-4)29-31(22)25(30)14-12-16(27)23(37-21(34)7-3)18(13-14)36-20(33)6-2/h8-13,25H,5-7H2,1-4H3/p+1. The van der Waals surface area contributed by atoms with Crippen LogP contribution in [-0.4, -0.2) is 34.2 Å². The number of hydrogen-bond donors (Lipinski definition) is 1. The van der Waals surface area contributed by atoms with Crippen LogP contribution >= 0.6 is 27.7 Å². The minimum Gasteiger partial charge on any atom is -0.422 e. The molecule has 0 saturated heterocycles. The molecule has 1 aromatic heterocycles. The van der Waals surface area contributed by atoms with Crippen molar-refractivity contribution in [2.24, 2.45) is 0 Å². The third kappa shape index (κ3) is 5.10. The Kier molecular flexibility index (Phi) is 8.32. The first kappa shape index (κ1) is 27.5. The van der Waals surface area contributed by atoms with Gasteiger partial charge in [0.1, 0.15) is 0 Å². The van der Waals surface area contributed by atoms with Crippen LogP contribution in [0.4, 0.5) is 5.69 Å². The van der Waals surface area contributed by atoms with Crippen molar-refractivity contribution in [1.82, 2.24) is 10.1 Å². The number of thioether (sulfide) groups is 1. The number of para-hydroxylation sites is 1. The number of hydrogen-bond acceptors (Lipinski definition) is 8. The van der Waals surface area contributed by atoms with E-state index in [2.05, 4.69) is 26.0 Å². The van der Waals surface area contributed by atoms with E-state index < -0.39 is 18.1 Å². The Balaban J connectivity index is 2.04. The zero-order valence-electron chi connectivity index (χ0n) is 21.2. The number of nitrogens with one attached hydrogen (secondary N) is 1. The third-order valence-corrected chi connectivity index (χ3v) is 7.03. The summed E-state index contributed by atoms with van der Waals surface area (Å²) in [6.07, 6.45) is 1.26. The zero-order chi connectivity index (χ0) is 27.6. The maximum absolute atomic E-state index is 13.4. The first-order chi connectivity index (χ1) is 18.2. The number of fused-ring (bicyclic) bond motifs is 3. The Bertz CT molecular complexity index is 1490. The highest BCUT2D eigenvalue weighted by molar-refractivity contribution is 9.10. The molecule has 1 amide bonds. The van der Waals surface area contributed by atoms with Crippen molar-refractivity contribution in [3.05, 3.63) is 56.8 Å². The van der Waals surface area contributed by atoms with Crippen molar-refractivity contribution < 1.29 is 28.5 Å². The zero-order valence-corrected chi connectivity index (χ0v) is 23.6. The molecule has 1 N–H and O–H groups in total. The fraction of sp³-hybridized carbons (Fsp3) is 0.308. The van der Waals surface area contributed by atoms with Gasteiger partial charge in [0.15, 0.2) is 11.5 Å². The summed E-state index contributed by atoms with van der Waals surface area (Å²) in [5.41, 5.74) is 1.47. The maximum atomic E-state index is 13.4. The summed E-state index contributed by atoms with van der Waals surface area (Å²) in [6, 6.07) is 10.3. The van der Waals surface area contributed by atoms with Crippen LogP contribution in [-0.2, 0) is 14.4 Å². The summed E-state index contributed by atoms with van der Waals surface area (Å²) in [4.78, 5) is 55.5. The quantitative estimate of drug-likeness (QED) is 0.185. The minimum absolute atomic E-state index is 0.00265. The molecule has 4 rings (SSSR count). The van der Waals surface area contributed by atoms with Crippen molar-refractivity contribution in [2.45, 2.75) is 51.4 Å². The van der Waals surface area contributed by atoms with Crippen molar-refractivity contribution >= 4 is 51.2 Å². The van der Waals surface area contributed by atoms with Crippen molar-refractivity contribution in [3.8, 4) is 22.8 Å². The fourth-order valence-electron chi connectivity index (χ4n) is 4.10. The SMILES string of the molecule is CCC(=O)Oc1cc(C2N(C(=O)CC)c3ccccc3-c3c(=O)[nH]c(SC)n[n+]32)cc(Br)c1OC(=O)CC. The average Bonchev–Trinajstić information content (AvgIpc) is 2.92. The number of benzene rings is 2. The summed E-state index contributed by atoms with van der Waals surface area (Å²) >= 11 is 4.70. The van der Waals surface area contributed by atoms with E-state index in [4.69, 9.17) is 9.47 Å². The molecule has 1 aliphatic heterocycles. The number of nitrogens with zero attached hydrogens (tertiary/aromatic N) is 3. The van der Waals surface area contributed by atoms with Gasteiger partial charge in [0.2, 0.25) is 11.1 Å².